The van der Waals surface area contributed by atoms with Gasteiger partial charge in [-0.25, -0.2) is 0 Å². The largest absolute Gasteiger partial charge is 0.493 e. The molecule has 1 N–H and O–H groups in total. The zero-order valence-electron chi connectivity index (χ0n) is 19.1. The maximum Gasteiger partial charge on any atom is 0.303 e. The minimum atomic E-state index is -0.830. The Labute approximate surface area is 204 Å². The van der Waals surface area contributed by atoms with Gasteiger partial charge in [-0.2, -0.15) is 0 Å². The number of ether oxygens (including phenoxy) is 2. The van der Waals surface area contributed by atoms with Gasteiger partial charge in [0.2, 0.25) is 0 Å². The summed E-state index contributed by atoms with van der Waals surface area (Å²) < 4.78 is 12.1. The van der Waals surface area contributed by atoms with Gasteiger partial charge in [-0.3, -0.25) is 4.79 Å². The second-order valence-corrected chi connectivity index (χ2v) is 8.75. The summed E-state index contributed by atoms with van der Waals surface area (Å²) in [4.78, 5) is 11.1. The summed E-state index contributed by atoms with van der Waals surface area (Å²) in [6.07, 6.45) is 1.21. The molecular formula is C29H27ClO4. The fraction of sp³-hybridized carbons (Fsp3) is 0.207. The molecule has 4 aromatic rings. The lowest BCUT2D eigenvalue weighted by atomic mass is 10.0. The van der Waals surface area contributed by atoms with Crippen LogP contribution in [0.25, 0.3) is 10.8 Å². The SMILES string of the molecule is Cc1ccc(Cl)c(OCc2ccc(CCC(=O)O)c(OCCc3ccc4ccccc4c3)c2)c1. The van der Waals surface area contributed by atoms with Gasteiger partial charge in [-0.1, -0.05) is 72.3 Å². The van der Waals surface area contributed by atoms with Crippen molar-refractivity contribution in [3.05, 3.63) is 106 Å². The molecule has 5 heteroatoms. The lowest BCUT2D eigenvalue weighted by Gasteiger charge is -2.14. The first-order valence-corrected chi connectivity index (χ1v) is 11.7. The fourth-order valence-corrected chi connectivity index (χ4v) is 4.00. The third kappa shape index (κ3) is 6.30. The second-order valence-electron chi connectivity index (χ2n) is 8.34. The number of fused-ring (bicyclic) bond motifs is 1. The molecule has 0 atom stereocenters. The van der Waals surface area contributed by atoms with Crippen molar-refractivity contribution in [1.82, 2.24) is 0 Å². The molecule has 0 aliphatic carbocycles. The van der Waals surface area contributed by atoms with Gasteiger partial charge in [0.25, 0.3) is 0 Å². The summed E-state index contributed by atoms with van der Waals surface area (Å²) in [5, 5.41) is 12.1. The van der Waals surface area contributed by atoms with Crippen molar-refractivity contribution in [3.63, 3.8) is 0 Å². The molecule has 0 aromatic heterocycles. The molecule has 4 rings (SSSR count). The lowest BCUT2D eigenvalue weighted by Crippen LogP contribution is -2.06. The summed E-state index contributed by atoms with van der Waals surface area (Å²) in [5.41, 5.74) is 4.07. The lowest BCUT2D eigenvalue weighted by molar-refractivity contribution is -0.136. The van der Waals surface area contributed by atoms with E-state index in [1.54, 1.807) is 0 Å². The molecular weight excluding hydrogens is 448 g/mol. The van der Waals surface area contributed by atoms with Crippen molar-refractivity contribution in [2.24, 2.45) is 0 Å². The van der Waals surface area contributed by atoms with Crippen LogP contribution in [-0.4, -0.2) is 17.7 Å². The van der Waals surface area contributed by atoms with Crippen LogP contribution in [0.15, 0.2) is 78.9 Å². The Kier molecular flexibility index (Phi) is 7.71. The van der Waals surface area contributed by atoms with Crippen LogP contribution in [-0.2, 0) is 24.2 Å². The quantitative estimate of drug-likeness (QED) is 0.268. The Hall–Kier alpha value is -3.50. The molecule has 0 fully saturated rings. The Bertz CT molecular complexity index is 1300. The van der Waals surface area contributed by atoms with Crippen molar-refractivity contribution in [3.8, 4) is 11.5 Å². The van der Waals surface area contributed by atoms with Gasteiger partial charge >= 0.3 is 5.97 Å². The molecule has 0 saturated carbocycles. The molecule has 0 spiro atoms. The van der Waals surface area contributed by atoms with Gasteiger partial charge in [0.05, 0.1) is 11.6 Å². The van der Waals surface area contributed by atoms with E-state index in [1.165, 1.54) is 16.3 Å². The highest BCUT2D eigenvalue weighted by molar-refractivity contribution is 6.32. The predicted octanol–water partition coefficient (Wildman–Crippen LogP) is 7.02. The van der Waals surface area contributed by atoms with Crippen molar-refractivity contribution < 1.29 is 19.4 Å². The summed E-state index contributed by atoms with van der Waals surface area (Å²) in [7, 11) is 0. The zero-order valence-corrected chi connectivity index (χ0v) is 19.8. The highest BCUT2D eigenvalue weighted by Gasteiger charge is 2.10. The van der Waals surface area contributed by atoms with Crippen molar-refractivity contribution in [2.45, 2.75) is 32.8 Å². The fourth-order valence-electron chi connectivity index (χ4n) is 3.83. The monoisotopic (exact) mass is 474 g/mol. The van der Waals surface area contributed by atoms with Crippen LogP contribution >= 0.6 is 11.6 Å². The van der Waals surface area contributed by atoms with Crippen LogP contribution in [0.5, 0.6) is 11.5 Å². The molecule has 0 unspecified atom stereocenters. The molecule has 0 bridgehead atoms. The second kappa shape index (κ2) is 11.1. The number of aliphatic carboxylic acids is 1. The standard InChI is InChI=1S/C29H27ClO4/c1-20-6-12-26(30)28(16-20)34-19-22-8-10-24(11-13-29(31)32)27(18-22)33-15-14-21-7-9-23-4-2-3-5-25(23)17-21/h2-10,12,16-18H,11,13-15,19H2,1H3,(H,31,32). The molecule has 0 saturated heterocycles. The molecule has 0 aliphatic rings. The third-order valence-corrected chi connectivity index (χ3v) is 6.00. The van der Waals surface area contributed by atoms with Crippen molar-refractivity contribution >= 4 is 28.3 Å². The Balaban J connectivity index is 1.45. The number of carboxylic acids is 1. The molecule has 4 aromatic carbocycles. The van der Waals surface area contributed by atoms with E-state index in [2.05, 4.69) is 30.3 Å². The smallest absolute Gasteiger partial charge is 0.303 e. The normalized spacial score (nSPS) is 10.9. The molecule has 0 heterocycles. The number of hydrogen-bond donors (Lipinski definition) is 1. The molecule has 4 nitrogen and oxygen atoms in total. The van der Waals surface area contributed by atoms with Crippen molar-refractivity contribution in [2.75, 3.05) is 6.61 Å². The maximum absolute atomic E-state index is 11.1. The number of hydrogen-bond acceptors (Lipinski definition) is 3. The molecule has 34 heavy (non-hydrogen) atoms. The third-order valence-electron chi connectivity index (χ3n) is 5.68. The average molecular weight is 475 g/mol. The predicted molar refractivity (Wildman–Crippen MR) is 136 cm³/mol. The average Bonchev–Trinajstić information content (AvgIpc) is 2.84. The van der Waals surface area contributed by atoms with Crippen LogP contribution in [0.3, 0.4) is 0 Å². The first-order valence-electron chi connectivity index (χ1n) is 11.3. The Morgan fingerprint density at radius 3 is 2.44 bits per heavy atom. The van der Waals surface area contributed by atoms with Gasteiger partial charge in [-0.15, -0.1) is 0 Å². The van der Waals surface area contributed by atoms with Gasteiger partial charge < -0.3 is 14.6 Å². The van der Waals surface area contributed by atoms with Crippen LogP contribution < -0.4 is 9.47 Å². The van der Waals surface area contributed by atoms with Crippen molar-refractivity contribution in [1.29, 1.82) is 0 Å². The van der Waals surface area contributed by atoms with E-state index in [9.17, 15) is 4.79 Å². The zero-order chi connectivity index (χ0) is 23.9. The minimum absolute atomic E-state index is 0.0514. The van der Waals surface area contributed by atoms with E-state index < -0.39 is 5.97 Å². The molecule has 174 valence electrons. The first-order chi connectivity index (χ1) is 16.5. The van der Waals surface area contributed by atoms with Crippen LogP contribution in [0.4, 0.5) is 0 Å². The summed E-state index contributed by atoms with van der Waals surface area (Å²) in [6, 6.07) is 26.2. The highest BCUT2D eigenvalue weighted by Crippen LogP contribution is 2.28. The van der Waals surface area contributed by atoms with Gasteiger partial charge in [0.15, 0.2) is 0 Å². The van der Waals surface area contributed by atoms with E-state index in [0.29, 0.717) is 36.2 Å². The van der Waals surface area contributed by atoms with Gasteiger partial charge in [0.1, 0.15) is 18.1 Å². The van der Waals surface area contributed by atoms with E-state index in [-0.39, 0.29) is 6.42 Å². The Morgan fingerprint density at radius 1 is 0.824 bits per heavy atom. The number of carboxylic acid groups (broad SMARTS) is 1. The van der Waals surface area contributed by atoms with Crippen LogP contribution in [0.1, 0.15) is 28.7 Å². The summed E-state index contributed by atoms with van der Waals surface area (Å²) in [5.74, 6) is 0.498. The highest BCUT2D eigenvalue weighted by atomic mass is 35.5. The maximum atomic E-state index is 11.1. The van der Waals surface area contributed by atoms with Crippen LogP contribution in [0.2, 0.25) is 5.02 Å². The number of aryl methyl sites for hydroxylation is 2. The van der Waals surface area contributed by atoms with Crippen LogP contribution in [0, 0.1) is 6.92 Å². The molecule has 0 aliphatic heterocycles. The van der Waals surface area contributed by atoms with Gasteiger partial charge in [0, 0.05) is 12.8 Å². The minimum Gasteiger partial charge on any atom is -0.493 e. The van der Waals surface area contributed by atoms with E-state index in [1.807, 2.05) is 55.5 Å². The van der Waals surface area contributed by atoms with E-state index in [4.69, 9.17) is 26.2 Å². The topological polar surface area (TPSA) is 55.8 Å². The first kappa shape index (κ1) is 23.7. The Morgan fingerprint density at radius 2 is 1.62 bits per heavy atom. The van der Waals surface area contributed by atoms with E-state index >= 15 is 0 Å². The van der Waals surface area contributed by atoms with E-state index in [0.717, 1.165) is 23.1 Å². The summed E-state index contributed by atoms with van der Waals surface area (Å²) >= 11 is 6.25. The number of halogens is 1. The number of carbonyl (C=O) groups is 1. The summed E-state index contributed by atoms with van der Waals surface area (Å²) in [6.45, 7) is 2.82. The molecule has 0 amide bonds. The number of benzene rings is 4. The molecule has 0 radical (unpaired) electrons. The number of rotatable bonds is 10. The van der Waals surface area contributed by atoms with Gasteiger partial charge in [-0.05, 0) is 64.6 Å².